The molecule has 0 fully saturated rings. The Morgan fingerprint density at radius 1 is 0.298 bits per heavy atom. The number of aromatic nitrogens is 5. The van der Waals surface area contributed by atoms with Gasteiger partial charge in [0.1, 0.15) is 5.82 Å². The van der Waals surface area contributed by atoms with Crippen molar-refractivity contribution in [2.24, 2.45) is 0 Å². The van der Waals surface area contributed by atoms with Crippen LogP contribution in [0.15, 0.2) is 200 Å². The van der Waals surface area contributed by atoms with E-state index in [1.807, 2.05) is 18.2 Å². The van der Waals surface area contributed by atoms with Crippen molar-refractivity contribution < 1.29 is 0 Å². The van der Waals surface area contributed by atoms with Crippen LogP contribution in [-0.4, -0.2) is 23.7 Å². The maximum Gasteiger partial charge on any atom is 0.162 e. The van der Waals surface area contributed by atoms with E-state index in [0.717, 1.165) is 45.0 Å². The molecule has 0 saturated carbocycles. The van der Waals surface area contributed by atoms with E-state index in [1.165, 1.54) is 54.4 Å². The van der Waals surface area contributed by atoms with E-state index in [4.69, 9.17) is 9.97 Å². The first-order valence-electron chi connectivity index (χ1n) is 19.3. The lowest BCUT2D eigenvalue weighted by Gasteiger charge is -2.13. The van der Waals surface area contributed by atoms with E-state index in [0.29, 0.717) is 5.82 Å². The number of para-hydroxylation sites is 5. The Hall–Kier alpha value is -7.76. The quantitative estimate of drug-likeness (QED) is 0.177. The molecule has 0 bridgehead atoms. The highest BCUT2D eigenvalue weighted by Gasteiger charge is 2.21. The van der Waals surface area contributed by atoms with Gasteiger partial charge in [-0.25, -0.2) is 9.97 Å². The lowest BCUT2D eigenvalue weighted by atomic mass is 10.1. The van der Waals surface area contributed by atoms with Crippen LogP contribution in [0.5, 0.6) is 0 Å². The fourth-order valence-corrected chi connectivity index (χ4v) is 9.02. The molecule has 0 atom stereocenters. The van der Waals surface area contributed by atoms with Gasteiger partial charge in [0.05, 0.1) is 38.8 Å². The predicted molar refractivity (Wildman–Crippen MR) is 236 cm³/mol. The zero-order valence-electron chi connectivity index (χ0n) is 30.8. The minimum atomic E-state index is 0.690. The molecule has 0 radical (unpaired) electrons. The van der Waals surface area contributed by atoms with Crippen LogP contribution in [0.4, 0.5) is 0 Å². The largest absolute Gasteiger partial charge is 0.309 e. The molecule has 12 aromatic rings. The monoisotopic (exact) mass is 727 g/mol. The van der Waals surface area contributed by atoms with Gasteiger partial charge in [-0.05, 0) is 60.7 Å². The predicted octanol–water partition coefficient (Wildman–Crippen LogP) is 13.1. The van der Waals surface area contributed by atoms with Gasteiger partial charge >= 0.3 is 0 Å². The van der Waals surface area contributed by atoms with E-state index in [1.54, 1.807) is 0 Å². The van der Waals surface area contributed by atoms with E-state index < -0.39 is 0 Å². The van der Waals surface area contributed by atoms with Crippen LogP contribution in [0.1, 0.15) is 0 Å². The molecule has 266 valence electrons. The summed E-state index contributed by atoms with van der Waals surface area (Å²) in [7, 11) is 0. The molecule has 0 aliphatic carbocycles. The molecule has 0 N–H and O–H groups in total. The third kappa shape index (κ3) is 4.76. The van der Waals surface area contributed by atoms with Crippen molar-refractivity contribution in [3.8, 4) is 39.8 Å². The van der Waals surface area contributed by atoms with Crippen molar-refractivity contribution in [1.82, 2.24) is 23.7 Å². The summed E-state index contributed by atoms with van der Waals surface area (Å²) in [5, 5.41) is 7.41. The molecular formula is C52H33N5. The Balaban J connectivity index is 1.05. The molecular weight excluding hydrogens is 695 g/mol. The average Bonchev–Trinajstić information content (AvgIpc) is 3.93. The van der Waals surface area contributed by atoms with Gasteiger partial charge in [-0.15, -0.1) is 0 Å². The zero-order valence-corrected chi connectivity index (χ0v) is 30.8. The summed E-state index contributed by atoms with van der Waals surface area (Å²) >= 11 is 0. The Bertz CT molecular complexity index is 3450. The third-order valence-electron chi connectivity index (χ3n) is 11.5. The second-order valence-corrected chi connectivity index (χ2v) is 14.6. The summed E-state index contributed by atoms with van der Waals surface area (Å²) in [4.78, 5) is 10.4. The summed E-state index contributed by atoms with van der Waals surface area (Å²) in [5.74, 6) is 1.52. The van der Waals surface area contributed by atoms with Crippen LogP contribution in [0.25, 0.3) is 105 Å². The minimum absolute atomic E-state index is 0.690. The van der Waals surface area contributed by atoms with Crippen LogP contribution in [0, 0.1) is 0 Å². The highest BCUT2D eigenvalue weighted by atomic mass is 15.1. The summed E-state index contributed by atoms with van der Waals surface area (Å²) in [6, 6.07) is 71.2. The molecule has 0 unspecified atom stereocenters. The first-order chi connectivity index (χ1) is 28.3. The van der Waals surface area contributed by atoms with Gasteiger partial charge in [-0.2, -0.15) is 0 Å². The molecule has 5 heteroatoms. The smallest absolute Gasteiger partial charge is 0.162 e. The molecule has 0 aliphatic rings. The lowest BCUT2D eigenvalue weighted by molar-refractivity contribution is 1.05. The SMILES string of the molecule is c1ccc(-c2nc(-c3ccc(-n4c5ccccc5c5c6c7ccccc7n(-c7ccccc7)c6ccc54)cc3)cc(-n3c4ccccc4c4ccccc43)n2)cc1. The number of fused-ring (bicyclic) bond motifs is 10. The molecule has 12 rings (SSSR count). The molecule has 0 amide bonds. The van der Waals surface area contributed by atoms with Crippen LogP contribution in [0.3, 0.4) is 0 Å². The van der Waals surface area contributed by atoms with Crippen molar-refractivity contribution in [3.63, 3.8) is 0 Å². The molecule has 0 aliphatic heterocycles. The first kappa shape index (κ1) is 31.6. The van der Waals surface area contributed by atoms with Gasteiger partial charge in [0.2, 0.25) is 0 Å². The van der Waals surface area contributed by atoms with Gasteiger partial charge in [-0.3, -0.25) is 4.57 Å². The van der Waals surface area contributed by atoms with Crippen molar-refractivity contribution in [1.29, 1.82) is 0 Å². The first-order valence-corrected chi connectivity index (χ1v) is 19.3. The number of hydrogen-bond acceptors (Lipinski definition) is 2. The van der Waals surface area contributed by atoms with E-state index >= 15 is 0 Å². The van der Waals surface area contributed by atoms with Gasteiger partial charge in [0.25, 0.3) is 0 Å². The number of hydrogen-bond donors (Lipinski definition) is 0. The van der Waals surface area contributed by atoms with E-state index in [9.17, 15) is 0 Å². The number of rotatable bonds is 5. The van der Waals surface area contributed by atoms with Gasteiger partial charge in [-0.1, -0.05) is 133 Å². The van der Waals surface area contributed by atoms with E-state index in [2.05, 4.69) is 196 Å². The topological polar surface area (TPSA) is 40.6 Å². The lowest BCUT2D eigenvalue weighted by Crippen LogP contribution is -2.02. The van der Waals surface area contributed by atoms with Crippen LogP contribution < -0.4 is 0 Å². The minimum Gasteiger partial charge on any atom is -0.309 e. The normalized spacial score (nSPS) is 11.9. The Morgan fingerprint density at radius 2 is 0.737 bits per heavy atom. The fraction of sp³-hybridized carbons (Fsp3) is 0. The van der Waals surface area contributed by atoms with Gasteiger partial charge in [0.15, 0.2) is 5.82 Å². The number of benzene rings is 8. The average molecular weight is 728 g/mol. The highest BCUT2D eigenvalue weighted by Crippen LogP contribution is 2.42. The fourth-order valence-electron chi connectivity index (χ4n) is 9.02. The summed E-state index contributed by atoms with van der Waals surface area (Å²) in [6.45, 7) is 0. The second kappa shape index (κ2) is 12.4. The van der Waals surface area contributed by atoms with Gasteiger partial charge in [0, 0.05) is 60.9 Å². The molecule has 0 saturated heterocycles. The molecule has 57 heavy (non-hydrogen) atoms. The molecule has 0 spiro atoms. The molecule has 4 aromatic heterocycles. The molecule has 8 aromatic carbocycles. The third-order valence-corrected chi connectivity index (χ3v) is 11.5. The maximum atomic E-state index is 5.21. The molecule has 5 nitrogen and oxygen atoms in total. The zero-order chi connectivity index (χ0) is 37.5. The van der Waals surface area contributed by atoms with Crippen LogP contribution >= 0.6 is 0 Å². The van der Waals surface area contributed by atoms with Crippen molar-refractivity contribution >= 4 is 65.4 Å². The summed E-state index contributed by atoms with van der Waals surface area (Å²) in [6.07, 6.45) is 0. The maximum absolute atomic E-state index is 5.21. The Labute approximate surface area is 328 Å². The van der Waals surface area contributed by atoms with Crippen LogP contribution in [0.2, 0.25) is 0 Å². The second-order valence-electron chi connectivity index (χ2n) is 14.6. The molecule has 4 heterocycles. The van der Waals surface area contributed by atoms with Crippen LogP contribution in [-0.2, 0) is 0 Å². The van der Waals surface area contributed by atoms with Crippen molar-refractivity contribution in [3.05, 3.63) is 200 Å². The Morgan fingerprint density at radius 3 is 1.28 bits per heavy atom. The highest BCUT2D eigenvalue weighted by molar-refractivity contribution is 6.29. The summed E-state index contributed by atoms with van der Waals surface area (Å²) in [5.41, 5.74) is 12.1. The van der Waals surface area contributed by atoms with Crippen molar-refractivity contribution in [2.45, 2.75) is 0 Å². The standard InChI is InChI=1S/C52H33N5/c1-3-15-35(16-4-1)52-53-42(33-49(54-52)57-43-23-11-7-19-38(43)39-20-8-12-24-44(39)57)34-27-29-37(30-28-34)56-46-26-14-10-22-41(46)51-48(56)32-31-47-50(51)40-21-9-13-25-45(40)55(47)36-17-5-2-6-18-36/h1-33H. The Kier molecular flexibility index (Phi) is 6.86. The summed E-state index contributed by atoms with van der Waals surface area (Å²) < 4.78 is 7.07. The van der Waals surface area contributed by atoms with Crippen molar-refractivity contribution in [2.75, 3.05) is 0 Å². The van der Waals surface area contributed by atoms with E-state index in [-0.39, 0.29) is 0 Å². The van der Waals surface area contributed by atoms with Gasteiger partial charge < -0.3 is 9.13 Å². The number of nitrogens with zero attached hydrogens (tertiary/aromatic N) is 5.